The molecule has 0 atom stereocenters. The van der Waals surface area contributed by atoms with Crippen molar-refractivity contribution < 1.29 is 31.8 Å². The molecule has 0 bridgehead atoms. The summed E-state index contributed by atoms with van der Waals surface area (Å²) in [5, 5.41) is 15.6. The highest BCUT2D eigenvalue weighted by Gasteiger charge is 2.46. The lowest BCUT2D eigenvalue weighted by Gasteiger charge is -2.38. The molecule has 0 unspecified atom stereocenters. The van der Waals surface area contributed by atoms with Crippen LogP contribution in [0.5, 0.6) is 5.75 Å². The maximum Gasteiger partial charge on any atom is 0.387 e. The maximum absolute atomic E-state index is 13.1. The maximum atomic E-state index is 13.1. The lowest BCUT2D eigenvalue weighted by molar-refractivity contribution is -0.0498. The Labute approximate surface area is 208 Å². The van der Waals surface area contributed by atoms with Crippen LogP contribution in [-0.4, -0.2) is 57.8 Å². The van der Waals surface area contributed by atoms with Crippen LogP contribution in [0, 0.1) is 5.41 Å². The van der Waals surface area contributed by atoms with Crippen molar-refractivity contribution in [2.45, 2.75) is 58.8 Å². The predicted molar refractivity (Wildman–Crippen MR) is 131 cm³/mol. The van der Waals surface area contributed by atoms with Gasteiger partial charge in [-0.2, -0.15) is 13.9 Å². The molecule has 0 aliphatic carbocycles. The first-order chi connectivity index (χ1) is 16.5. The van der Waals surface area contributed by atoms with Gasteiger partial charge in [0.15, 0.2) is 15.6 Å². The zero-order valence-corrected chi connectivity index (χ0v) is 21.6. The molecule has 11 heteroatoms. The van der Waals surface area contributed by atoms with E-state index in [2.05, 4.69) is 9.72 Å². The highest BCUT2D eigenvalue weighted by atomic mass is 32.2. The number of nitrogens with zero attached hydrogens (tertiary/aromatic N) is 3. The molecule has 1 saturated heterocycles. The summed E-state index contributed by atoms with van der Waals surface area (Å²) >= 11 is 0. The number of hydrogen-bond donors (Lipinski definition) is 1. The average Bonchev–Trinajstić information content (AvgIpc) is 3.10. The molecule has 36 heavy (non-hydrogen) atoms. The molecule has 194 valence electrons. The highest BCUT2D eigenvalue weighted by Crippen LogP contribution is 2.39. The number of benzene rings is 1. The number of carbonyl (C=O) groups excluding carboxylic acids is 1. The van der Waals surface area contributed by atoms with Gasteiger partial charge in [0.25, 0.3) is 0 Å². The number of aliphatic hydroxyl groups is 1. The van der Waals surface area contributed by atoms with E-state index in [9.17, 15) is 27.1 Å². The van der Waals surface area contributed by atoms with Crippen LogP contribution in [-0.2, 0) is 15.4 Å². The molecule has 3 aromatic rings. The molecule has 1 aromatic carbocycles. The molecular weight excluding hydrogens is 492 g/mol. The third-order valence-electron chi connectivity index (χ3n) is 6.93. The number of ketones is 1. The number of rotatable bonds is 8. The second kappa shape index (κ2) is 8.58. The van der Waals surface area contributed by atoms with E-state index in [-0.39, 0.29) is 29.5 Å². The number of sulfone groups is 1. The normalized spacial score (nSPS) is 17.2. The fraction of sp³-hybridized carbons (Fsp3) is 0.480. The largest absolute Gasteiger partial charge is 0.435 e. The molecule has 1 aliphatic rings. The third kappa shape index (κ3) is 4.86. The first-order valence-corrected chi connectivity index (χ1v) is 13.2. The Morgan fingerprint density at radius 3 is 2.47 bits per heavy atom. The van der Waals surface area contributed by atoms with E-state index in [0.29, 0.717) is 27.9 Å². The van der Waals surface area contributed by atoms with Crippen LogP contribution in [0.3, 0.4) is 0 Å². The summed E-state index contributed by atoms with van der Waals surface area (Å²) < 4.78 is 54.9. The Kier molecular flexibility index (Phi) is 6.24. The van der Waals surface area contributed by atoms with E-state index < -0.39 is 33.0 Å². The molecule has 2 aromatic heterocycles. The van der Waals surface area contributed by atoms with E-state index in [1.165, 1.54) is 18.3 Å². The third-order valence-corrected chi connectivity index (χ3v) is 9.20. The number of ether oxygens (including phenoxy) is 1. The quantitative estimate of drug-likeness (QED) is 0.442. The number of fused-ring (bicyclic) bond motifs is 1. The van der Waals surface area contributed by atoms with E-state index in [1.807, 2.05) is 0 Å². The van der Waals surface area contributed by atoms with Gasteiger partial charge >= 0.3 is 6.61 Å². The topological polar surface area (TPSA) is 111 Å². The van der Waals surface area contributed by atoms with Crippen LogP contribution in [0.15, 0.2) is 36.5 Å². The number of carbonyl (C=O) groups is 1. The molecule has 4 rings (SSSR count). The van der Waals surface area contributed by atoms with E-state index in [4.69, 9.17) is 5.10 Å². The molecule has 1 fully saturated rings. The van der Waals surface area contributed by atoms with Crippen molar-refractivity contribution in [3.63, 3.8) is 0 Å². The van der Waals surface area contributed by atoms with Gasteiger partial charge in [-0.15, -0.1) is 0 Å². The van der Waals surface area contributed by atoms with Crippen LogP contribution in [0.1, 0.15) is 51.4 Å². The summed E-state index contributed by atoms with van der Waals surface area (Å²) in [4.78, 5) is 17.6. The second-order valence-electron chi connectivity index (χ2n) is 10.8. The van der Waals surface area contributed by atoms with Gasteiger partial charge in [0.05, 0.1) is 28.2 Å². The molecule has 3 heterocycles. The molecular formula is C25H29F2N3O5S. The first kappa shape index (κ1) is 26.2. The molecule has 0 saturated carbocycles. The molecule has 0 radical (unpaired) electrons. The number of hydrogen-bond acceptors (Lipinski definition) is 7. The van der Waals surface area contributed by atoms with Crippen molar-refractivity contribution in [2.75, 3.05) is 11.5 Å². The van der Waals surface area contributed by atoms with Gasteiger partial charge in [-0.25, -0.2) is 8.42 Å². The fourth-order valence-electron chi connectivity index (χ4n) is 4.46. The summed E-state index contributed by atoms with van der Waals surface area (Å²) in [5.41, 5.74) is -0.795. The minimum atomic E-state index is -3.10. The lowest BCUT2D eigenvalue weighted by Crippen LogP contribution is -2.48. The number of pyridine rings is 1. The number of alkyl halides is 2. The summed E-state index contributed by atoms with van der Waals surface area (Å²) in [6.07, 6.45) is 1.47. The van der Waals surface area contributed by atoms with Gasteiger partial charge in [0, 0.05) is 29.2 Å². The monoisotopic (exact) mass is 521 g/mol. The van der Waals surface area contributed by atoms with Gasteiger partial charge in [0.1, 0.15) is 17.0 Å². The molecule has 1 aliphatic heterocycles. The first-order valence-electron chi connectivity index (χ1n) is 11.4. The summed E-state index contributed by atoms with van der Waals surface area (Å²) in [6.45, 7) is 5.63. The van der Waals surface area contributed by atoms with Crippen LogP contribution < -0.4 is 4.74 Å². The van der Waals surface area contributed by atoms with Crippen LogP contribution in [0.2, 0.25) is 0 Å². The average molecular weight is 522 g/mol. The smallest absolute Gasteiger partial charge is 0.387 e. The Balaban J connectivity index is 1.82. The summed E-state index contributed by atoms with van der Waals surface area (Å²) in [6, 6.07) is 7.70. The van der Waals surface area contributed by atoms with Crippen molar-refractivity contribution in [1.29, 1.82) is 0 Å². The van der Waals surface area contributed by atoms with Crippen molar-refractivity contribution >= 4 is 26.7 Å². The van der Waals surface area contributed by atoms with E-state index in [1.54, 1.807) is 57.5 Å². The van der Waals surface area contributed by atoms with E-state index >= 15 is 0 Å². The summed E-state index contributed by atoms with van der Waals surface area (Å²) in [5.74, 6) is -0.356. The SMILES string of the molecule is CC1(CC(=O)c2cnc3c(-c4cccc(OC(F)F)c4)nn(C(C)(C)C(C)(C)O)c3c2)CS(=O)(=O)C1. The molecule has 8 nitrogen and oxygen atoms in total. The zero-order chi connectivity index (χ0) is 26.7. The minimum Gasteiger partial charge on any atom is -0.435 e. The molecule has 0 spiro atoms. The fourth-order valence-corrected chi connectivity index (χ4v) is 6.70. The zero-order valence-electron chi connectivity index (χ0n) is 20.7. The Morgan fingerprint density at radius 2 is 1.89 bits per heavy atom. The van der Waals surface area contributed by atoms with Gasteiger partial charge in [-0.05, 0) is 45.9 Å². The highest BCUT2D eigenvalue weighted by molar-refractivity contribution is 7.92. The lowest BCUT2D eigenvalue weighted by atomic mass is 9.85. The van der Waals surface area contributed by atoms with E-state index in [0.717, 1.165) is 0 Å². The predicted octanol–water partition coefficient (Wildman–Crippen LogP) is 4.21. The Morgan fingerprint density at radius 1 is 1.22 bits per heavy atom. The molecule has 1 N–H and O–H groups in total. The van der Waals surface area contributed by atoms with Crippen LogP contribution >= 0.6 is 0 Å². The Hall–Kier alpha value is -2.92. The van der Waals surface area contributed by atoms with Gasteiger partial charge in [-0.3, -0.25) is 14.5 Å². The number of halogens is 2. The van der Waals surface area contributed by atoms with Gasteiger partial charge < -0.3 is 9.84 Å². The number of Topliss-reactive ketones (excluding diaryl/α,β-unsaturated/α-hetero) is 1. The number of aromatic nitrogens is 3. The van der Waals surface area contributed by atoms with Crippen molar-refractivity contribution in [1.82, 2.24) is 14.8 Å². The van der Waals surface area contributed by atoms with Crippen molar-refractivity contribution in [2.24, 2.45) is 5.41 Å². The van der Waals surface area contributed by atoms with Gasteiger partial charge in [0.2, 0.25) is 0 Å². The second-order valence-corrected chi connectivity index (χ2v) is 12.9. The molecule has 0 amide bonds. The van der Waals surface area contributed by atoms with Gasteiger partial charge in [-0.1, -0.05) is 19.1 Å². The Bertz CT molecular complexity index is 1430. The van der Waals surface area contributed by atoms with Crippen LogP contribution in [0.4, 0.5) is 8.78 Å². The summed E-state index contributed by atoms with van der Waals surface area (Å²) in [7, 11) is -3.10. The minimum absolute atomic E-state index is 0.0355. The standard InChI is InChI=1S/C25H29F2N3O5S/c1-23(2,24(3,4)32)30-18-10-16(19(31)11-25(5)13-36(33,34)14-25)12-28-21(18)20(29-30)15-7-6-8-17(9-15)35-22(26)27/h6-10,12,22,32H,11,13-14H2,1-5H3. The van der Waals surface area contributed by atoms with Crippen molar-refractivity contribution in [3.8, 4) is 17.0 Å². The van der Waals surface area contributed by atoms with Crippen LogP contribution in [0.25, 0.3) is 22.3 Å². The van der Waals surface area contributed by atoms with Crippen molar-refractivity contribution in [3.05, 3.63) is 42.1 Å².